The van der Waals surface area contributed by atoms with Gasteiger partial charge in [0.25, 0.3) is 6.01 Å². The lowest BCUT2D eigenvalue weighted by Crippen LogP contribution is -2.41. The van der Waals surface area contributed by atoms with Gasteiger partial charge < -0.3 is 19.5 Å². The average Bonchev–Trinajstić information content (AvgIpc) is 2.75. The zero-order valence-electron chi connectivity index (χ0n) is 11.6. The lowest BCUT2D eigenvalue weighted by Gasteiger charge is -2.32. The minimum absolute atomic E-state index is 0.152. The average molecular weight is 260 g/mol. The molecule has 0 radical (unpaired) electrons. The summed E-state index contributed by atoms with van der Waals surface area (Å²) in [5.41, 5.74) is 7.03. The van der Waals surface area contributed by atoms with Crippen molar-refractivity contribution < 1.29 is 13.7 Å². The van der Waals surface area contributed by atoms with Crippen LogP contribution in [0, 0.1) is 0 Å². The first-order valence-electron chi connectivity index (χ1n) is 6.31. The number of nitrogen functional groups attached to an aromatic ring is 1. The Kier molecular flexibility index (Phi) is 2.46. The molecule has 2 N–H and O–H groups in total. The summed E-state index contributed by atoms with van der Waals surface area (Å²) in [5.74, 6) is 0. The fourth-order valence-corrected chi connectivity index (χ4v) is 2.15. The number of aromatic nitrogens is 1. The number of hydrogen-bond donors (Lipinski definition) is 1. The number of fused-ring (bicyclic) bond motifs is 1. The molecule has 0 atom stereocenters. The molecule has 1 aliphatic rings. The minimum atomic E-state index is -0.460. The lowest BCUT2D eigenvalue weighted by atomic mass is 9.78. The highest BCUT2D eigenvalue weighted by molar-refractivity contribution is 6.64. The van der Waals surface area contributed by atoms with E-state index in [1.165, 1.54) is 0 Å². The summed E-state index contributed by atoms with van der Waals surface area (Å²) >= 11 is 0. The Morgan fingerprint density at radius 2 is 1.74 bits per heavy atom. The maximum atomic E-state index is 6.02. The molecule has 3 rings (SSSR count). The number of para-hydroxylation sites is 1. The van der Waals surface area contributed by atoms with Crippen LogP contribution in [0.2, 0.25) is 0 Å². The summed E-state index contributed by atoms with van der Waals surface area (Å²) in [6, 6.07) is 5.78. The van der Waals surface area contributed by atoms with Crippen LogP contribution in [0.3, 0.4) is 0 Å². The number of anilines is 1. The van der Waals surface area contributed by atoms with Gasteiger partial charge in [-0.05, 0) is 33.8 Å². The van der Waals surface area contributed by atoms with Crippen molar-refractivity contribution in [2.45, 2.75) is 38.9 Å². The Morgan fingerprint density at radius 1 is 1.11 bits per heavy atom. The number of oxazole rings is 1. The van der Waals surface area contributed by atoms with E-state index >= 15 is 0 Å². The largest absolute Gasteiger partial charge is 0.497 e. The van der Waals surface area contributed by atoms with Gasteiger partial charge in [-0.2, -0.15) is 4.98 Å². The molecule has 19 heavy (non-hydrogen) atoms. The van der Waals surface area contributed by atoms with Gasteiger partial charge in [-0.25, -0.2) is 0 Å². The van der Waals surface area contributed by atoms with Crippen LogP contribution in [-0.4, -0.2) is 23.3 Å². The first-order chi connectivity index (χ1) is 8.80. The number of rotatable bonds is 1. The van der Waals surface area contributed by atoms with Gasteiger partial charge in [-0.15, -0.1) is 0 Å². The molecule has 1 aromatic carbocycles. The van der Waals surface area contributed by atoms with E-state index in [1.807, 2.05) is 45.9 Å². The number of hydrogen-bond acceptors (Lipinski definition) is 5. The molecule has 100 valence electrons. The summed E-state index contributed by atoms with van der Waals surface area (Å²) in [6.07, 6.45) is 0. The van der Waals surface area contributed by atoms with E-state index in [-0.39, 0.29) is 17.2 Å². The monoisotopic (exact) mass is 260 g/mol. The highest BCUT2D eigenvalue weighted by Gasteiger charge is 2.52. The van der Waals surface area contributed by atoms with Crippen molar-refractivity contribution in [2.24, 2.45) is 0 Å². The standard InChI is InChI=1S/C13H17BN2O3/c1-12(2)13(3,4)19-14(18-12)8-6-5-7-9-10(8)16-11(15)17-9/h5-7H,1-4H3,(H2,15,16). The second-order valence-corrected chi connectivity index (χ2v) is 5.83. The Hall–Kier alpha value is -1.53. The number of benzene rings is 1. The van der Waals surface area contributed by atoms with Crippen molar-refractivity contribution >= 4 is 29.7 Å². The maximum Gasteiger partial charge on any atom is 0.497 e. The molecular formula is C13H17BN2O3. The van der Waals surface area contributed by atoms with Crippen LogP contribution in [-0.2, 0) is 9.31 Å². The molecule has 1 aromatic heterocycles. The summed E-state index contributed by atoms with van der Waals surface area (Å²) in [5, 5.41) is 0. The van der Waals surface area contributed by atoms with Crippen LogP contribution in [0.5, 0.6) is 0 Å². The van der Waals surface area contributed by atoms with Gasteiger partial charge >= 0.3 is 7.12 Å². The highest BCUT2D eigenvalue weighted by atomic mass is 16.7. The third-order valence-corrected chi connectivity index (χ3v) is 3.97. The van der Waals surface area contributed by atoms with Crippen molar-refractivity contribution in [3.8, 4) is 0 Å². The van der Waals surface area contributed by atoms with Gasteiger partial charge in [0.2, 0.25) is 0 Å². The smallest absolute Gasteiger partial charge is 0.424 e. The Morgan fingerprint density at radius 3 is 2.37 bits per heavy atom. The summed E-state index contributed by atoms with van der Waals surface area (Å²) in [7, 11) is -0.460. The van der Waals surface area contributed by atoms with Crippen molar-refractivity contribution in [3.63, 3.8) is 0 Å². The third kappa shape index (κ3) is 1.83. The fraction of sp³-hybridized carbons (Fsp3) is 0.462. The van der Waals surface area contributed by atoms with Crippen LogP contribution in [0.4, 0.5) is 6.01 Å². The van der Waals surface area contributed by atoms with Crippen molar-refractivity contribution in [1.29, 1.82) is 0 Å². The molecule has 0 saturated carbocycles. The molecule has 1 saturated heterocycles. The number of nitrogens with zero attached hydrogens (tertiary/aromatic N) is 1. The minimum Gasteiger partial charge on any atom is -0.424 e. The SMILES string of the molecule is CC1(C)OB(c2cccc3oc(N)nc23)OC1(C)C. The zero-order chi connectivity index (χ0) is 13.8. The van der Waals surface area contributed by atoms with Gasteiger partial charge in [0.15, 0.2) is 5.58 Å². The van der Waals surface area contributed by atoms with Gasteiger partial charge in [0.1, 0.15) is 5.52 Å². The zero-order valence-corrected chi connectivity index (χ0v) is 11.6. The van der Waals surface area contributed by atoms with Crippen LogP contribution < -0.4 is 11.2 Å². The van der Waals surface area contributed by atoms with E-state index in [9.17, 15) is 0 Å². The molecule has 2 heterocycles. The van der Waals surface area contributed by atoms with E-state index in [4.69, 9.17) is 19.5 Å². The normalized spacial score (nSPS) is 21.2. The second-order valence-electron chi connectivity index (χ2n) is 5.83. The molecule has 2 aromatic rings. The van der Waals surface area contributed by atoms with E-state index in [1.54, 1.807) is 0 Å². The Bertz CT molecular complexity index is 620. The molecule has 0 aliphatic carbocycles. The molecule has 1 aliphatic heterocycles. The predicted octanol–water partition coefficient (Wildman–Crippen LogP) is 1.71. The first-order valence-corrected chi connectivity index (χ1v) is 6.31. The van der Waals surface area contributed by atoms with Gasteiger partial charge in [0.05, 0.1) is 11.2 Å². The van der Waals surface area contributed by atoms with Gasteiger partial charge in [-0.3, -0.25) is 0 Å². The molecule has 5 nitrogen and oxygen atoms in total. The second kappa shape index (κ2) is 3.74. The summed E-state index contributed by atoms with van der Waals surface area (Å²) in [6.45, 7) is 8.07. The van der Waals surface area contributed by atoms with Crippen LogP contribution >= 0.6 is 0 Å². The van der Waals surface area contributed by atoms with Gasteiger partial charge in [0, 0.05) is 5.46 Å². The molecule has 0 unspecified atom stereocenters. The third-order valence-electron chi connectivity index (χ3n) is 3.97. The molecule has 0 spiro atoms. The predicted molar refractivity (Wildman–Crippen MR) is 74.1 cm³/mol. The van der Waals surface area contributed by atoms with Crippen molar-refractivity contribution in [1.82, 2.24) is 4.98 Å². The van der Waals surface area contributed by atoms with E-state index in [2.05, 4.69) is 4.98 Å². The Labute approximate surface area is 112 Å². The van der Waals surface area contributed by atoms with Crippen molar-refractivity contribution in [2.75, 3.05) is 5.73 Å². The quantitative estimate of drug-likeness (QED) is 0.790. The molecule has 0 amide bonds. The molecule has 6 heteroatoms. The van der Waals surface area contributed by atoms with Crippen LogP contribution in [0.1, 0.15) is 27.7 Å². The topological polar surface area (TPSA) is 70.5 Å². The molecule has 0 bridgehead atoms. The summed E-state index contributed by atoms with van der Waals surface area (Å²) < 4.78 is 17.4. The van der Waals surface area contributed by atoms with Crippen molar-refractivity contribution in [3.05, 3.63) is 18.2 Å². The Balaban J connectivity index is 2.07. The van der Waals surface area contributed by atoms with Crippen LogP contribution in [0.25, 0.3) is 11.1 Å². The van der Waals surface area contributed by atoms with Gasteiger partial charge in [-0.1, -0.05) is 12.1 Å². The van der Waals surface area contributed by atoms with E-state index in [0.29, 0.717) is 11.1 Å². The van der Waals surface area contributed by atoms with Crippen LogP contribution in [0.15, 0.2) is 22.6 Å². The summed E-state index contributed by atoms with van der Waals surface area (Å²) in [4.78, 5) is 4.20. The maximum absolute atomic E-state index is 6.02. The highest BCUT2D eigenvalue weighted by Crippen LogP contribution is 2.37. The van der Waals surface area contributed by atoms with E-state index in [0.717, 1.165) is 5.46 Å². The number of nitrogens with two attached hydrogens (primary N) is 1. The molecule has 1 fully saturated rings. The fourth-order valence-electron chi connectivity index (χ4n) is 2.15. The first kappa shape index (κ1) is 12.5. The molecular weight excluding hydrogens is 243 g/mol. The van der Waals surface area contributed by atoms with E-state index < -0.39 is 7.12 Å². The lowest BCUT2D eigenvalue weighted by molar-refractivity contribution is 0.00578.